The highest BCUT2D eigenvalue weighted by atomic mass is 16.5. The number of carbonyl (C=O) groups is 1. The molecule has 5 nitrogen and oxygen atoms in total. The third kappa shape index (κ3) is 5.26. The third-order valence-corrected chi connectivity index (χ3v) is 7.04. The summed E-state index contributed by atoms with van der Waals surface area (Å²) in [5.41, 5.74) is 2.63. The van der Waals surface area contributed by atoms with Crippen molar-refractivity contribution in [3.8, 4) is 5.75 Å². The van der Waals surface area contributed by atoms with Crippen molar-refractivity contribution in [3.05, 3.63) is 102 Å². The number of piperazine rings is 1. The normalized spacial score (nSPS) is 18.7. The van der Waals surface area contributed by atoms with Gasteiger partial charge in [0.1, 0.15) is 17.9 Å². The Kier molecular flexibility index (Phi) is 8.21. The lowest BCUT2D eigenvalue weighted by Gasteiger charge is -2.53. The lowest BCUT2D eigenvalue weighted by Crippen LogP contribution is -2.67. The van der Waals surface area contributed by atoms with Crippen LogP contribution in [0.1, 0.15) is 43.9 Å². The van der Waals surface area contributed by atoms with E-state index in [9.17, 15) is 4.79 Å². The summed E-state index contributed by atoms with van der Waals surface area (Å²) < 4.78 is 5.94. The van der Waals surface area contributed by atoms with Gasteiger partial charge in [0.05, 0.1) is 0 Å². The SMILES string of the molecule is CCN(CC)N1CCN(Cc2ccc(OCc3ccccc3)cc2)C(=O)C1(CC)c1ccccc1. The van der Waals surface area contributed by atoms with Crippen LogP contribution in [0.15, 0.2) is 84.9 Å². The third-order valence-electron chi connectivity index (χ3n) is 7.04. The molecule has 1 saturated heterocycles. The number of hydrazine groups is 1. The van der Waals surface area contributed by atoms with Gasteiger partial charge in [0.25, 0.3) is 0 Å². The summed E-state index contributed by atoms with van der Waals surface area (Å²) in [6, 6.07) is 28.6. The van der Waals surface area contributed by atoms with Crippen molar-refractivity contribution in [2.45, 2.75) is 45.9 Å². The zero-order chi connectivity index (χ0) is 24.7. The topological polar surface area (TPSA) is 36.0 Å². The Morgan fingerprint density at radius 2 is 1.43 bits per heavy atom. The smallest absolute Gasteiger partial charge is 0.249 e. The van der Waals surface area contributed by atoms with Gasteiger partial charge in [-0.15, -0.1) is 0 Å². The molecule has 1 unspecified atom stereocenters. The fraction of sp³-hybridized carbons (Fsp3) is 0.367. The number of hydrogen-bond donors (Lipinski definition) is 0. The molecule has 1 fully saturated rings. The first-order valence-corrected chi connectivity index (χ1v) is 12.7. The van der Waals surface area contributed by atoms with Crippen LogP contribution >= 0.6 is 0 Å². The Morgan fingerprint density at radius 1 is 0.800 bits per heavy atom. The Balaban J connectivity index is 1.52. The molecule has 1 aliphatic heterocycles. The number of carbonyl (C=O) groups excluding carboxylic acids is 1. The molecule has 1 atom stereocenters. The van der Waals surface area contributed by atoms with Crippen LogP contribution in [-0.4, -0.2) is 47.0 Å². The second-order valence-electron chi connectivity index (χ2n) is 8.99. The highest BCUT2D eigenvalue weighted by Crippen LogP contribution is 2.38. The van der Waals surface area contributed by atoms with Gasteiger partial charge < -0.3 is 9.64 Å². The van der Waals surface area contributed by atoms with Gasteiger partial charge in [0, 0.05) is 32.7 Å². The van der Waals surface area contributed by atoms with Gasteiger partial charge in [0.15, 0.2) is 0 Å². The van der Waals surface area contributed by atoms with Gasteiger partial charge in [0.2, 0.25) is 5.91 Å². The molecule has 35 heavy (non-hydrogen) atoms. The van der Waals surface area contributed by atoms with E-state index in [0.29, 0.717) is 19.7 Å². The molecule has 1 amide bonds. The van der Waals surface area contributed by atoms with Gasteiger partial charge >= 0.3 is 0 Å². The lowest BCUT2D eigenvalue weighted by molar-refractivity contribution is -0.182. The molecule has 0 aromatic heterocycles. The van der Waals surface area contributed by atoms with Crippen molar-refractivity contribution in [2.24, 2.45) is 0 Å². The quantitative estimate of drug-likeness (QED) is 0.393. The molecule has 0 radical (unpaired) electrons. The number of ether oxygens (including phenoxy) is 1. The number of rotatable bonds is 10. The van der Waals surface area contributed by atoms with Crippen LogP contribution in [0.25, 0.3) is 0 Å². The average Bonchev–Trinajstić information content (AvgIpc) is 2.92. The molecule has 0 saturated carbocycles. The van der Waals surface area contributed by atoms with E-state index in [2.05, 4.69) is 67.2 Å². The van der Waals surface area contributed by atoms with Gasteiger partial charge in [-0.1, -0.05) is 93.6 Å². The largest absolute Gasteiger partial charge is 0.489 e. The van der Waals surface area contributed by atoms with Gasteiger partial charge in [-0.2, -0.15) is 0 Å². The first-order chi connectivity index (χ1) is 17.1. The number of benzene rings is 3. The number of hydrogen-bond acceptors (Lipinski definition) is 4. The van der Waals surface area contributed by atoms with E-state index in [1.165, 1.54) is 0 Å². The summed E-state index contributed by atoms with van der Waals surface area (Å²) in [5.74, 6) is 1.01. The summed E-state index contributed by atoms with van der Waals surface area (Å²) in [6.45, 7) is 10.9. The minimum absolute atomic E-state index is 0.175. The molecule has 1 aliphatic rings. The molecule has 3 aromatic rings. The van der Waals surface area contributed by atoms with E-state index in [-0.39, 0.29) is 5.91 Å². The molecule has 184 valence electrons. The van der Waals surface area contributed by atoms with E-state index in [0.717, 1.165) is 48.5 Å². The molecule has 1 heterocycles. The maximum atomic E-state index is 14.2. The first-order valence-electron chi connectivity index (χ1n) is 12.7. The number of amides is 1. The predicted molar refractivity (Wildman–Crippen MR) is 141 cm³/mol. The van der Waals surface area contributed by atoms with Crippen molar-refractivity contribution in [1.29, 1.82) is 0 Å². The Labute approximate surface area is 209 Å². The highest BCUT2D eigenvalue weighted by molar-refractivity contribution is 5.88. The van der Waals surface area contributed by atoms with E-state index in [1.54, 1.807) is 0 Å². The molecular weight excluding hydrogens is 434 g/mol. The van der Waals surface area contributed by atoms with Crippen LogP contribution < -0.4 is 4.74 Å². The van der Waals surface area contributed by atoms with Crippen molar-refractivity contribution in [2.75, 3.05) is 26.2 Å². The summed E-state index contributed by atoms with van der Waals surface area (Å²) in [7, 11) is 0. The maximum absolute atomic E-state index is 14.2. The lowest BCUT2D eigenvalue weighted by atomic mass is 9.83. The maximum Gasteiger partial charge on any atom is 0.249 e. The highest BCUT2D eigenvalue weighted by Gasteiger charge is 2.51. The molecule has 0 aliphatic carbocycles. The number of nitrogens with zero attached hydrogens (tertiary/aromatic N) is 3. The predicted octanol–water partition coefficient (Wildman–Crippen LogP) is 5.47. The van der Waals surface area contributed by atoms with Crippen LogP contribution in [-0.2, 0) is 23.5 Å². The van der Waals surface area contributed by atoms with E-state index < -0.39 is 5.54 Å². The van der Waals surface area contributed by atoms with Crippen molar-refractivity contribution in [1.82, 2.24) is 14.9 Å². The van der Waals surface area contributed by atoms with Crippen molar-refractivity contribution >= 4 is 5.91 Å². The fourth-order valence-corrected chi connectivity index (χ4v) is 5.16. The molecule has 4 rings (SSSR count). The van der Waals surface area contributed by atoms with Gasteiger partial charge in [-0.3, -0.25) is 4.79 Å². The van der Waals surface area contributed by atoms with Crippen LogP contribution in [0.2, 0.25) is 0 Å². The summed E-state index contributed by atoms with van der Waals surface area (Å²) >= 11 is 0. The zero-order valence-electron chi connectivity index (χ0n) is 21.2. The van der Waals surface area contributed by atoms with Gasteiger partial charge in [-0.25, -0.2) is 10.0 Å². The van der Waals surface area contributed by atoms with E-state index in [1.807, 2.05) is 53.4 Å². The molecule has 0 N–H and O–H groups in total. The van der Waals surface area contributed by atoms with Crippen molar-refractivity contribution < 1.29 is 9.53 Å². The zero-order valence-corrected chi connectivity index (χ0v) is 21.2. The molecule has 3 aromatic carbocycles. The summed E-state index contributed by atoms with van der Waals surface area (Å²) in [5, 5.41) is 4.63. The van der Waals surface area contributed by atoms with Crippen LogP contribution in [0.3, 0.4) is 0 Å². The minimum Gasteiger partial charge on any atom is -0.489 e. The minimum atomic E-state index is -0.690. The van der Waals surface area contributed by atoms with E-state index >= 15 is 0 Å². The van der Waals surface area contributed by atoms with Crippen LogP contribution in [0.4, 0.5) is 0 Å². The second-order valence-corrected chi connectivity index (χ2v) is 8.99. The summed E-state index contributed by atoms with van der Waals surface area (Å²) in [4.78, 5) is 16.2. The molecule has 0 spiro atoms. The first kappa shape index (κ1) is 25.0. The average molecular weight is 472 g/mol. The van der Waals surface area contributed by atoms with Crippen LogP contribution in [0.5, 0.6) is 5.75 Å². The van der Waals surface area contributed by atoms with Crippen LogP contribution in [0, 0.1) is 0 Å². The summed E-state index contributed by atoms with van der Waals surface area (Å²) in [6.07, 6.45) is 0.717. The monoisotopic (exact) mass is 471 g/mol. The second kappa shape index (κ2) is 11.5. The Hall–Kier alpha value is -3.15. The van der Waals surface area contributed by atoms with E-state index in [4.69, 9.17) is 4.74 Å². The standard InChI is InChI=1S/C30H37N3O2/c1-4-30(27-15-11-8-12-16-27)29(34)31(21-22-33(30)32(5-2)6-3)23-25-17-19-28(20-18-25)35-24-26-13-9-7-10-14-26/h7-20H,4-6,21-24H2,1-3H3. The van der Waals surface area contributed by atoms with Crippen molar-refractivity contribution in [3.63, 3.8) is 0 Å². The Bertz CT molecular complexity index is 1070. The molecule has 0 bridgehead atoms. The Morgan fingerprint density at radius 3 is 2.03 bits per heavy atom. The van der Waals surface area contributed by atoms with Gasteiger partial charge in [-0.05, 0) is 35.2 Å². The fourth-order valence-electron chi connectivity index (χ4n) is 5.16. The molecule has 5 heteroatoms. The molecular formula is C30H37N3O2.